The van der Waals surface area contributed by atoms with Crippen LogP contribution in [0.15, 0.2) is 84.9 Å². The van der Waals surface area contributed by atoms with Crippen molar-refractivity contribution < 1.29 is 14.7 Å². The Morgan fingerprint density at radius 2 is 1.12 bits per heavy atom. The highest BCUT2D eigenvalue weighted by molar-refractivity contribution is 5.97. The Hall–Kier alpha value is -3.60. The third-order valence-electron chi connectivity index (χ3n) is 3.64. The lowest BCUT2D eigenvalue weighted by atomic mass is 10.1. The van der Waals surface area contributed by atoms with Gasteiger partial charge >= 0.3 is 5.97 Å². The minimum Gasteiger partial charge on any atom is -0.478 e. The summed E-state index contributed by atoms with van der Waals surface area (Å²) in [5, 5.41) is 10.6. The largest absolute Gasteiger partial charge is 0.478 e. The predicted molar refractivity (Wildman–Crippen MR) is 95.9 cm³/mol. The molecule has 0 bridgehead atoms. The van der Waals surface area contributed by atoms with E-state index in [1.807, 2.05) is 60.7 Å². The van der Waals surface area contributed by atoms with Crippen LogP contribution in [0.2, 0.25) is 0 Å². The minimum atomic E-state index is -1.03. The maximum atomic E-state index is 12.6. The standard InChI is InChI=1S/C20H16N2O3/c23-19(15-11-13-16(14-12-15)20(24)25)21-22(17-7-3-1-4-8-17)18-9-5-2-6-10-18/h1-14H,(H,21,23)(H,24,25). The van der Waals surface area contributed by atoms with E-state index in [-0.39, 0.29) is 11.5 Å². The summed E-state index contributed by atoms with van der Waals surface area (Å²) < 4.78 is 0. The van der Waals surface area contributed by atoms with Crippen LogP contribution < -0.4 is 10.4 Å². The zero-order valence-corrected chi connectivity index (χ0v) is 13.3. The summed E-state index contributed by atoms with van der Waals surface area (Å²) in [5.41, 5.74) is 5.00. The first-order valence-electron chi connectivity index (χ1n) is 7.70. The maximum Gasteiger partial charge on any atom is 0.335 e. The SMILES string of the molecule is O=C(O)c1ccc(C(=O)NN(c2ccccc2)c2ccccc2)cc1. The van der Waals surface area contributed by atoms with E-state index in [9.17, 15) is 9.59 Å². The summed E-state index contributed by atoms with van der Waals surface area (Å²) in [4.78, 5) is 23.5. The molecule has 0 spiro atoms. The van der Waals surface area contributed by atoms with E-state index in [2.05, 4.69) is 5.43 Å². The summed E-state index contributed by atoms with van der Waals surface area (Å²) in [7, 11) is 0. The lowest BCUT2D eigenvalue weighted by molar-refractivity contribution is 0.0696. The molecule has 0 aliphatic rings. The molecule has 0 unspecified atom stereocenters. The molecule has 3 rings (SSSR count). The first-order chi connectivity index (χ1) is 12.1. The second-order valence-electron chi connectivity index (χ2n) is 5.33. The van der Waals surface area contributed by atoms with E-state index in [0.29, 0.717) is 5.56 Å². The average molecular weight is 332 g/mol. The van der Waals surface area contributed by atoms with Crippen molar-refractivity contribution in [1.29, 1.82) is 0 Å². The van der Waals surface area contributed by atoms with Crippen LogP contribution in [0.25, 0.3) is 0 Å². The van der Waals surface area contributed by atoms with E-state index in [1.54, 1.807) is 5.01 Å². The number of hydrogen-bond donors (Lipinski definition) is 2. The molecule has 0 aliphatic heterocycles. The molecule has 0 heterocycles. The summed E-state index contributed by atoms with van der Waals surface area (Å²) in [5.74, 6) is -1.35. The zero-order valence-electron chi connectivity index (χ0n) is 13.3. The monoisotopic (exact) mass is 332 g/mol. The molecule has 124 valence electrons. The van der Waals surface area contributed by atoms with Crippen molar-refractivity contribution in [2.75, 3.05) is 5.01 Å². The quantitative estimate of drug-likeness (QED) is 0.696. The topological polar surface area (TPSA) is 69.6 Å². The predicted octanol–water partition coefficient (Wildman–Crippen LogP) is 3.87. The van der Waals surface area contributed by atoms with Gasteiger partial charge in [0, 0.05) is 5.56 Å². The van der Waals surface area contributed by atoms with Gasteiger partial charge in [-0.3, -0.25) is 15.2 Å². The van der Waals surface area contributed by atoms with E-state index in [4.69, 9.17) is 5.11 Å². The van der Waals surface area contributed by atoms with Gasteiger partial charge in [0.05, 0.1) is 16.9 Å². The van der Waals surface area contributed by atoms with Crippen molar-refractivity contribution in [1.82, 2.24) is 5.43 Å². The normalized spacial score (nSPS) is 10.1. The summed E-state index contributed by atoms with van der Waals surface area (Å²) in [6, 6.07) is 24.7. The molecule has 0 fully saturated rings. The highest BCUT2D eigenvalue weighted by atomic mass is 16.4. The molecule has 5 heteroatoms. The number of nitrogens with zero attached hydrogens (tertiary/aromatic N) is 1. The summed E-state index contributed by atoms with van der Waals surface area (Å²) in [6.07, 6.45) is 0. The van der Waals surface area contributed by atoms with Crippen LogP contribution in [-0.2, 0) is 0 Å². The number of hydrazine groups is 1. The number of nitrogens with one attached hydrogen (secondary N) is 1. The first-order valence-corrected chi connectivity index (χ1v) is 7.70. The molecule has 0 saturated carbocycles. The van der Waals surface area contributed by atoms with Crippen molar-refractivity contribution in [3.63, 3.8) is 0 Å². The van der Waals surface area contributed by atoms with Gasteiger partial charge in [0.1, 0.15) is 0 Å². The Morgan fingerprint density at radius 3 is 1.56 bits per heavy atom. The molecule has 25 heavy (non-hydrogen) atoms. The van der Waals surface area contributed by atoms with Crippen LogP contribution in [0.5, 0.6) is 0 Å². The second-order valence-corrected chi connectivity index (χ2v) is 5.33. The lowest BCUT2D eigenvalue weighted by Crippen LogP contribution is -2.38. The fourth-order valence-corrected chi connectivity index (χ4v) is 2.36. The average Bonchev–Trinajstić information content (AvgIpc) is 2.67. The zero-order chi connectivity index (χ0) is 17.6. The van der Waals surface area contributed by atoms with Gasteiger partial charge in [-0.05, 0) is 48.5 Å². The molecule has 0 radical (unpaired) electrons. The number of benzene rings is 3. The number of aromatic carboxylic acids is 1. The molecule has 5 nitrogen and oxygen atoms in total. The number of anilines is 2. The van der Waals surface area contributed by atoms with Gasteiger partial charge in [0.25, 0.3) is 5.91 Å². The molecule has 3 aromatic carbocycles. The number of carbonyl (C=O) groups is 2. The number of hydrogen-bond acceptors (Lipinski definition) is 3. The van der Waals surface area contributed by atoms with Gasteiger partial charge in [-0.25, -0.2) is 4.79 Å². The van der Waals surface area contributed by atoms with E-state index >= 15 is 0 Å². The number of carbonyl (C=O) groups excluding carboxylic acids is 1. The van der Waals surface area contributed by atoms with Crippen molar-refractivity contribution in [2.24, 2.45) is 0 Å². The van der Waals surface area contributed by atoms with Crippen LogP contribution in [0.3, 0.4) is 0 Å². The Morgan fingerprint density at radius 1 is 0.680 bits per heavy atom. The van der Waals surface area contributed by atoms with Gasteiger partial charge in [-0.1, -0.05) is 36.4 Å². The van der Waals surface area contributed by atoms with Crippen LogP contribution in [0.1, 0.15) is 20.7 Å². The molecular weight excluding hydrogens is 316 g/mol. The van der Waals surface area contributed by atoms with Gasteiger partial charge in [-0.15, -0.1) is 0 Å². The Labute approximate surface area is 145 Å². The molecule has 0 aromatic heterocycles. The molecular formula is C20H16N2O3. The van der Waals surface area contributed by atoms with Gasteiger partial charge in [0.15, 0.2) is 0 Å². The van der Waals surface area contributed by atoms with Crippen molar-refractivity contribution in [2.45, 2.75) is 0 Å². The number of amides is 1. The fourth-order valence-electron chi connectivity index (χ4n) is 2.36. The third-order valence-corrected chi connectivity index (χ3v) is 3.64. The molecule has 2 N–H and O–H groups in total. The van der Waals surface area contributed by atoms with E-state index in [0.717, 1.165) is 11.4 Å². The number of carboxylic acids is 1. The second kappa shape index (κ2) is 7.31. The number of para-hydroxylation sites is 2. The first kappa shape index (κ1) is 16.3. The Kier molecular flexibility index (Phi) is 4.76. The molecule has 0 aliphatic carbocycles. The summed E-state index contributed by atoms with van der Waals surface area (Å²) >= 11 is 0. The highest BCUT2D eigenvalue weighted by Gasteiger charge is 2.14. The van der Waals surface area contributed by atoms with E-state index in [1.165, 1.54) is 24.3 Å². The maximum absolute atomic E-state index is 12.6. The molecule has 3 aromatic rings. The molecule has 1 amide bonds. The molecule has 0 saturated heterocycles. The van der Waals surface area contributed by atoms with Gasteiger partial charge < -0.3 is 5.11 Å². The Balaban J connectivity index is 1.87. The van der Waals surface area contributed by atoms with Crippen molar-refractivity contribution in [3.8, 4) is 0 Å². The minimum absolute atomic E-state index is 0.138. The van der Waals surface area contributed by atoms with Gasteiger partial charge in [0.2, 0.25) is 0 Å². The van der Waals surface area contributed by atoms with Crippen LogP contribution >= 0.6 is 0 Å². The summed E-state index contributed by atoms with van der Waals surface area (Å²) in [6.45, 7) is 0. The number of rotatable bonds is 5. The fraction of sp³-hybridized carbons (Fsp3) is 0. The third kappa shape index (κ3) is 3.84. The van der Waals surface area contributed by atoms with E-state index < -0.39 is 5.97 Å². The molecule has 0 atom stereocenters. The van der Waals surface area contributed by atoms with Crippen LogP contribution in [0.4, 0.5) is 11.4 Å². The van der Waals surface area contributed by atoms with Crippen LogP contribution in [-0.4, -0.2) is 17.0 Å². The Bertz CT molecular complexity index is 823. The highest BCUT2D eigenvalue weighted by Crippen LogP contribution is 2.22. The smallest absolute Gasteiger partial charge is 0.335 e. The van der Waals surface area contributed by atoms with Crippen molar-refractivity contribution in [3.05, 3.63) is 96.1 Å². The van der Waals surface area contributed by atoms with Crippen LogP contribution in [0, 0.1) is 0 Å². The lowest BCUT2D eigenvalue weighted by Gasteiger charge is -2.25. The number of carboxylic acid groups (broad SMARTS) is 1. The van der Waals surface area contributed by atoms with Crippen molar-refractivity contribution >= 4 is 23.3 Å². The van der Waals surface area contributed by atoms with Gasteiger partial charge in [-0.2, -0.15) is 0 Å².